The summed E-state index contributed by atoms with van der Waals surface area (Å²) in [5.41, 5.74) is 2.16. The highest BCUT2D eigenvalue weighted by molar-refractivity contribution is 7.98. The van der Waals surface area contributed by atoms with Crippen LogP contribution in [-0.2, 0) is 5.75 Å². The highest BCUT2D eigenvalue weighted by Gasteiger charge is 2.06. The fraction of sp³-hybridized carbons (Fsp3) is 0.143. The predicted molar refractivity (Wildman–Crippen MR) is 72.2 cm³/mol. The Morgan fingerprint density at radius 2 is 1.88 bits per heavy atom. The first-order chi connectivity index (χ1) is 8.16. The maximum atomic E-state index is 13.2. The minimum Gasteiger partial charge on any atom is -0.207 e. The molecule has 0 spiro atoms. The van der Waals surface area contributed by atoms with Crippen LogP contribution in [0.4, 0.5) is 4.39 Å². The lowest BCUT2D eigenvalue weighted by Gasteiger charge is -2.07. The van der Waals surface area contributed by atoms with Crippen molar-refractivity contribution in [3.05, 3.63) is 64.4 Å². The molecule has 0 nitrogen and oxygen atoms in total. The third-order valence-electron chi connectivity index (χ3n) is 2.50. The van der Waals surface area contributed by atoms with Crippen molar-refractivity contribution in [1.82, 2.24) is 0 Å². The highest BCUT2D eigenvalue weighted by atomic mass is 35.5. The zero-order valence-electron chi connectivity index (χ0n) is 9.41. The molecule has 0 aliphatic heterocycles. The van der Waals surface area contributed by atoms with Gasteiger partial charge in [-0.3, -0.25) is 0 Å². The van der Waals surface area contributed by atoms with Gasteiger partial charge in [0.05, 0.1) is 0 Å². The van der Waals surface area contributed by atoms with Crippen LogP contribution in [0.15, 0.2) is 47.4 Å². The van der Waals surface area contributed by atoms with Crippen LogP contribution in [-0.4, -0.2) is 0 Å². The molecule has 88 valence electrons. The second kappa shape index (κ2) is 5.56. The van der Waals surface area contributed by atoms with Crippen molar-refractivity contribution in [2.24, 2.45) is 0 Å². The van der Waals surface area contributed by atoms with Crippen molar-refractivity contribution in [3.63, 3.8) is 0 Å². The van der Waals surface area contributed by atoms with Gasteiger partial charge in [-0.05, 0) is 30.2 Å². The van der Waals surface area contributed by atoms with E-state index in [0.29, 0.717) is 5.02 Å². The fourth-order valence-electron chi connectivity index (χ4n) is 1.51. The molecule has 0 fully saturated rings. The Bertz CT molecular complexity index is 511. The van der Waals surface area contributed by atoms with Crippen LogP contribution in [0.5, 0.6) is 0 Å². The van der Waals surface area contributed by atoms with Gasteiger partial charge in [0.2, 0.25) is 0 Å². The maximum Gasteiger partial charge on any atom is 0.125 e. The molecule has 0 aliphatic rings. The third-order valence-corrected chi connectivity index (χ3v) is 4.10. The fourth-order valence-corrected chi connectivity index (χ4v) is 2.81. The van der Waals surface area contributed by atoms with Crippen molar-refractivity contribution < 1.29 is 4.39 Å². The van der Waals surface area contributed by atoms with Gasteiger partial charge in [-0.1, -0.05) is 41.9 Å². The first-order valence-electron chi connectivity index (χ1n) is 5.29. The standard InChI is InChI=1S/C14H12ClFS/c1-10-13(15)7-12(16)8-14(10)17-9-11-5-3-2-4-6-11/h2-8H,9H2,1H3. The molecule has 0 aliphatic carbocycles. The molecule has 2 aromatic rings. The Hall–Kier alpha value is -0.990. The summed E-state index contributed by atoms with van der Waals surface area (Å²) >= 11 is 7.55. The van der Waals surface area contributed by atoms with Crippen LogP contribution >= 0.6 is 23.4 Å². The number of halogens is 2. The Kier molecular flexibility index (Phi) is 4.08. The number of thioether (sulfide) groups is 1. The van der Waals surface area contributed by atoms with E-state index in [9.17, 15) is 4.39 Å². The van der Waals surface area contributed by atoms with E-state index < -0.39 is 0 Å². The Balaban J connectivity index is 2.14. The maximum absolute atomic E-state index is 13.2. The van der Waals surface area contributed by atoms with Gasteiger partial charge in [0, 0.05) is 15.7 Å². The summed E-state index contributed by atoms with van der Waals surface area (Å²) in [4.78, 5) is 0.902. The summed E-state index contributed by atoms with van der Waals surface area (Å²) < 4.78 is 13.2. The zero-order valence-corrected chi connectivity index (χ0v) is 11.0. The molecule has 2 aromatic carbocycles. The second-order valence-corrected chi connectivity index (χ2v) is 5.21. The summed E-state index contributed by atoms with van der Waals surface area (Å²) in [6.07, 6.45) is 0. The molecule has 0 heterocycles. The monoisotopic (exact) mass is 266 g/mol. The average Bonchev–Trinajstić information content (AvgIpc) is 2.33. The average molecular weight is 267 g/mol. The predicted octanol–water partition coefficient (Wildman–Crippen LogP) is 5.08. The molecule has 0 unspecified atom stereocenters. The van der Waals surface area contributed by atoms with Gasteiger partial charge in [-0.2, -0.15) is 0 Å². The van der Waals surface area contributed by atoms with Crippen LogP contribution in [0.3, 0.4) is 0 Å². The summed E-state index contributed by atoms with van der Waals surface area (Å²) in [7, 11) is 0. The molecule has 0 amide bonds. The topological polar surface area (TPSA) is 0 Å². The van der Waals surface area contributed by atoms with Crippen molar-refractivity contribution in [2.45, 2.75) is 17.6 Å². The van der Waals surface area contributed by atoms with E-state index in [0.717, 1.165) is 16.2 Å². The van der Waals surface area contributed by atoms with Crippen molar-refractivity contribution in [3.8, 4) is 0 Å². The molecular weight excluding hydrogens is 255 g/mol. The lowest BCUT2D eigenvalue weighted by molar-refractivity contribution is 0.623. The Morgan fingerprint density at radius 3 is 2.59 bits per heavy atom. The molecule has 0 saturated carbocycles. The number of hydrogen-bond acceptors (Lipinski definition) is 1. The number of benzene rings is 2. The van der Waals surface area contributed by atoms with E-state index in [1.165, 1.54) is 17.7 Å². The third kappa shape index (κ3) is 3.24. The summed E-state index contributed by atoms with van der Waals surface area (Å²) in [6.45, 7) is 1.91. The molecule has 0 N–H and O–H groups in total. The van der Waals surface area contributed by atoms with Gasteiger partial charge >= 0.3 is 0 Å². The molecule has 0 saturated heterocycles. The molecule has 3 heteroatoms. The van der Waals surface area contributed by atoms with E-state index in [-0.39, 0.29) is 5.82 Å². The van der Waals surface area contributed by atoms with Crippen LogP contribution in [0.2, 0.25) is 5.02 Å². The second-order valence-electron chi connectivity index (χ2n) is 3.79. The lowest BCUT2D eigenvalue weighted by Crippen LogP contribution is -1.86. The van der Waals surface area contributed by atoms with Gasteiger partial charge in [0.15, 0.2) is 0 Å². The summed E-state index contributed by atoms with van der Waals surface area (Å²) in [5.74, 6) is 0.540. The van der Waals surface area contributed by atoms with Crippen LogP contribution < -0.4 is 0 Å². The van der Waals surface area contributed by atoms with Crippen LogP contribution in [0.25, 0.3) is 0 Å². The molecule has 0 aromatic heterocycles. The lowest BCUT2D eigenvalue weighted by atomic mass is 10.2. The normalized spacial score (nSPS) is 10.5. The van der Waals surface area contributed by atoms with Gasteiger partial charge in [-0.25, -0.2) is 4.39 Å². The van der Waals surface area contributed by atoms with Gasteiger partial charge in [0.1, 0.15) is 5.82 Å². The van der Waals surface area contributed by atoms with Gasteiger partial charge < -0.3 is 0 Å². The summed E-state index contributed by atoms with van der Waals surface area (Å²) in [5, 5.41) is 0.487. The van der Waals surface area contributed by atoms with E-state index >= 15 is 0 Å². The first kappa shape index (κ1) is 12.5. The Morgan fingerprint density at radius 1 is 1.18 bits per heavy atom. The van der Waals surface area contributed by atoms with Gasteiger partial charge in [0.25, 0.3) is 0 Å². The Labute approximate surface area is 110 Å². The molecule has 0 atom stereocenters. The van der Waals surface area contributed by atoms with Crippen molar-refractivity contribution >= 4 is 23.4 Å². The highest BCUT2D eigenvalue weighted by Crippen LogP contribution is 2.31. The molecule has 2 rings (SSSR count). The largest absolute Gasteiger partial charge is 0.207 e. The van der Waals surface area contributed by atoms with Crippen molar-refractivity contribution in [2.75, 3.05) is 0 Å². The minimum absolute atomic E-state index is 0.281. The first-order valence-corrected chi connectivity index (χ1v) is 6.65. The van der Waals surface area contributed by atoms with E-state index in [4.69, 9.17) is 11.6 Å². The van der Waals surface area contributed by atoms with Crippen LogP contribution in [0, 0.1) is 12.7 Å². The van der Waals surface area contributed by atoms with E-state index in [1.807, 2.05) is 25.1 Å². The molecule has 0 bridgehead atoms. The van der Waals surface area contributed by atoms with Gasteiger partial charge in [-0.15, -0.1) is 11.8 Å². The minimum atomic E-state index is -0.281. The van der Waals surface area contributed by atoms with Crippen LogP contribution in [0.1, 0.15) is 11.1 Å². The molecule has 0 radical (unpaired) electrons. The quantitative estimate of drug-likeness (QED) is 0.698. The smallest absolute Gasteiger partial charge is 0.125 e. The van der Waals surface area contributed by atoms with E-state index in [2.05, 4.69) is 12.1 Å². The summed E-state index contributed by atoms with van der Waals surface area (Å²) in [6, 6.07) is 13.0. The van der Waals surface area contributed by atoms with Crippen molar-refractivity contribution in [1.29, 1.82) is 0 Å². The zero-order chi connectivity index (χ0) is 12.3. The molecule has 17 heavy (non-hydrogen) atoms. The SMILES string of the molecule is Cc1c(Cl)cc(F)cc1SCc1ccccc1. The molecular formula is C14H12ClFS. The number of rotatable bonds is 3. The number of hydrogen-bond donors (Lipinski definition) is 0. The van der Waals surface area contributed by atoms with E-state index in [1.54, 1.807) is 11.8 Å².